The van der Waals surface area contributed by atoms with Gasteiger partial charge in [0.25, 0.3) is 5.91 Å². The van der Waals surface area contributed by atoms with E-state index in [2.05, 4.69) is 11.6 Å². The first kappa shape index (κ1) is 32.7. The van der Waals surface area contributed by atoms with Crippen LogP contribution in [0.2, 0.25) is 10.0 Å². The molecule has 0 aliphatic carbocycles. The van der Waals surface area contributed by atoms with E-state index in [1.165, 1.54) is 30.2 Å². The van der Waals surface area contributed by atoms with Crippen molar-refractivity contribution in [3.05, 3.63) is 75.8 Å². The largest absolute Gasteiger partial charge is 0.468 e. The zero-order chi connectivity index (χ0) is 29.2. The van der Waals surface area contributed by atoms with Crippen LogP contribution in [0.15, 0.2) is 54.0 Å². The van der Waals surface area contributed by atoms with E-state index in [9.17, 15) is 14.4 Å². The van der Waals surface area contributed by atoms with Crippen LogP contribution in [0.3, 0.4) is 0 Å². The molecule has 10 heteroatoms. The van der Waals surface area contributed by atoms with Crippen LogP contribution < -0.4 is 5.73 Å². The summed E-state index contributed by atoms with van der Waals surface area (Å²) in [5.74, 6) is -1.64. The van der Waals surface area contributed by atoms with Gasteiger partial charge in [0.2, 0.25) is 0 Å². The zero-order valence-electron chi connectivity index (χ0n) is 22.8. The minimum absolute atomic E-state index is 0.167. The molecule has 8 nitrogen and oxygen atoms in total. The number of carbonyl (C=O) groups is 3. The highest BCUT2D eigenvalue weighted by molar-refractivity contribution is 6.33. The summed E-state index contributed by atoms with van der Waals surface area (Å²) < 4.78 is 10.1. The van der Waals surface area contributed by atoms with Crippen molar-refractivity contribution in [3.8, 4) is 0 Å². The number of halogens is 2. The van der Waals surface area contributed by atoms with Gasteiger partial charge in [0, 0.05) is 23.5 Å². The summed E-state index contributed by atoms with van der Waals surface area (Å²) in [5.41, 5.74) is 7.46. The molecule has 2 aromatic rings. The number of amides is 1. The van der Waals surface area contributed by atoms with E-state index in [0.717, 1.165) is 5.71 Å². The van der Waals surface area contributed by atoms with Crippen molar-refractivity contribution in [1.29, 1.82) is 0 Å². The summed E-state index contributed by atoms with van der Waals surface area (Å²) in [7, 11) is 2.98. The third-order valence-corrected chi connectivity index (χ3v) is 5.79. The molecule has 0 radical (unpaired) electrons. The van der Waals surface area contributed by atoms with Gasteiger partial charge in [-0.15, -0.1) is 0 Å². The molecule has 1 unspecified atom stereocenters. The molecule has 0 aliphatic heterocycles. The first-order valence-electron chi connectivity index (χ1n) is 11.7. The molecule has 0 heterocycles. The van der Waals surface area contributed by atoms with Crippen LogP contribution in [0, 0.1) is 0 Å². The van der Waals surface area contributed by atoms with Gasteiger partial charge in [0.1, 0.15) is 12.1 Å². The van der Waals surface area contributed by atoms with E-state index in [0.29, 0.717) is 10.6 Å². The predicted molar refractivity (Wildman–Crippen MR) is 153 cm³/mol. The average Bonchev–Trinajstić information content (AvgIpc) is 2.84. The number of rotatable bonds is 7. The summed E-state index contributed by atoms with van der Waals surface area (Å²) in [5, 5.41) is 0.552. The second-order valence-corrected chi connectivity index (χ2v) is 10.1. The molecule has 206 valence electrons. The Hall–Kier alpha value is -3.36. The summed E-state index contributed by atoms with van der Waals surface area (Å²) in [6.45, 7) is 12.1. The number of benzene rings is 2. The Morgan fingerprint density at radius 2 is 1.74 bits per heavy atom. The van der Waals surface area contributed by atoms with Crippen molar-refractivity contribution in [3.63, 3.8) is 0 Å². The maximum Gasteiger partial charge on any atom is 0.340 e. The van der Waals surface area contributed by atoms with Crippen molar-refractivity contribution in [2.24, 2.45) is 4.99 Å². The maximum atomic E-state index is 13.2. The monoisotopic (exact) mass is 563 g/mol. The molecular formula is C28H35Cl2N3O5. The fraction of sp³-hybridized carbons (Fsp3) is 0.357. The van der Waals surface area contributed by atoms with Crippen LogP contribution >= 0.6 is 23.2 Å². The molecular weight excluding hydrogens is 529 g/mol. The third kappa shape index (κ3) is 9.84. The van der Waals surface area contributed by atoms with Gasteiger partial charge in [-0.05, 0) is 76.6 Å². The van der Waals surface area contributed by atoms with Gasteiger partial charge in [-0.25, -0.2) is 4.79 Å². The molecule has 38 heavy (non-hydrogen) atoms. The number of ether oxygens (including phenoxy) is 2. The number of hydrogen-bond donors (Lipinski definition) is 1. The number of nitrogens with two attached hydrogens (primary N) is 1. The first-order valence-corrected chi connectivity index (χ1v) is 12.4. The highest BCUT2D eigenvalue weighted by Gasteiger charge is 2.28. The van der Waals surface area contributed by atoms with Gasteiger partial charge >= 0.3 is 11.9 Å². The van der Waals surface area contributed by atoms with Crippen molar-refractivity contribution < 1.29 is 23.9 Å². The molecule has 0 saturated carbocycles. The highest BCUT2D eigenvalue weighted by atomic mass is 35.5. The second-order valence-electron chi connectivity index (χ2n) is 9.23. The molecule has 1 atom stereocenters. The average molecular weight is 565 g/mol. The lowest BCUT2D eigenvalue weighted by Crippen LogP contribution is -2.38. The molecule has 1 amide bonds. The number of carbonyl (C=O) groups excluding carboxylic acids is 3. The van der Waals surface area contributed by atoms with Crippen molar-refractivity contribution in [2.75, 3.05) is 26.4 Å². The number of hydrogen-bond acceptors (Lipinski definition) is 7. The minimum Gasteiger partial charge on any atom is -0.468 e. The summed E-state index contributed by atoms with van der Waals surface area (Å²) in [6, 6.07) is 8.64. The van der Waals surface area contributed by atoms with Crippen molar-refractivity contribution in [2.45, 2.75) is 46.3 Å². The Labute approximate surface area is 234 Å². The van der Waals surface area contributed by atoms with Gasteiger partial charge in [-0.2, -0.15) is 0 Å². The van der Waals surface area contributed by atoms with Crippen molar-refractivity contribution in [1.82, 2.24) is 4.90 Å². The number of nitrogens with zero attached hydrogens (tertiary/aromatic N) is 2. The Morgan fingerprint density at radius 3 is 2.18 bits per heavy atom. The SMILES string of the molecule is C=CC(C)=NC.COC(=O)CN(C(=O)c1ccc(Cl)cc1N)C(C)c1ccc(C(=O)OC(C)(C)C)c(Cl)c1. The van der Waals surface area contributed by atoms with E-state index in [1.54, 1.807) is 59.0 Å². The number of nitrogen functional groups attached to an aromatic ring is 1. The lowest BCUT2D eigenvalue weighted by Gasteiger charge is -2.29. The number of anilines is 1. The highest BCUT2D eigenvalue weighted by Crippen LogP contribution is 2.29. The quantitative estimate of drug-likeness (QED) is 0.245. The van der Waals surface area contributed by atoms with Crippen LogP contribution in [-0.4, -0.2) is 54.8 Å². The van der Waals surface area contributed by atoms with E-state index in [4.69, 9.17) is 38.4 Å². The van der Waals surface area contributed by atoms with Crippen LogP contribution in [0.4, 0.5) is 5.69 Å². The fourth-order valence-corrected chi connectivity index (χ4v) is 3.48. The maximum absolute atomic E-state index is 13.2. The predicted octanol–water partition coefficient (Wildman–Crippen LogP) is 6.17. The number of methoxy groups -OCH3 is 1. The standard InChI is InChI=1S/C23H26Cl2N2O5.C5H9N/c1-13(14-6-8-16(18(25)10-14)22(30)32-23(2,3)4)27(12-20(28)31-5)21(29)17-9-7-15(24)11-19(17)26;1-4-5(2)6-3/h6-11,13H,12,26H2,1-5H3;4H,1H2,2-3H3. The molecule has 0 bridgehead atoms. The topological polar surface area (TPSA) is 111 Å². The molecule has 0 spiro atoms. The molecule has 2 aromatic carbocycles. The van der Waals surface area contributed by atoms with Crippen LogP contribution in [0.25, 0.3) is 0 Å². The Bertz CT molecular complexity index is 1210. The molecule has 2 rings (SSSR count). The smallest absolute Gasteiger partial charge is 0.340 e. The van der Waals surface area contributed by atoms with Gasteiger partial charge in [0.05, 0.1) is 29.3 Å². The third-order valence-electron chi connectivity index (χ3n) is 5.24. The molecule has 0 fully saturated rings. The Morgan fingerprint density at radius 1 is 1.13 bits per heavy atom. The molecule has 2 N–H and O–H groups in total. The Kier molecular flexibility index (Phi) is 12.5. The van der Waals surface area contributed by atoms with E-state index in [1.807, 2.05) is 6.92 Å². The lowest BCUT2D eigenvalue weighted by atomic mass is 10.0. The van der Waals surface area contributed by atoms with Gasteiger partial charge in [-0.3, -0.25) is 14.6 Å². The number of allylic oxidation sites excluding steroid dienone is 1. The van der Waals surface area contributed by atoms with Gasteiger partial charge in [-0.1, -0.05) is 35.8 Å². The minimum atomic E-state index is -0.672. The Balaban J connectivity index is 0.00000107. The fourth-order valence-electron chi connectivity index (χ4n) is 3.03. The number of esters is 2. The zero-order valence-corrected chi connectivity index (χ0v) is 24.3. The van der Waals surface area contributed by atoms with E-state index >= 15 is 0 Å². The summed E-state index contributed by atoms with van der Waals surface area (Å²) in [6.07, 6.45) is 1.72. The van der Waals surface area contributed by atoms with Gasteiger partial charge < -0.3 is 20.1 Å². The molecule has 0 aromatic heterocycles. The number of aliphatic imine (C=N–C) groups is 1. The molecule has 0 aliphatic rings. The van der Waals surface area contributed by atoms with E-state index in [-0.39, 0.29) is 28.4 Å². The van der Waals surface area contributed by atoms with Crippen molar-refractivity contribution >= 4 is 52.4 Å². The second kappa shape index (κ2) is 14.5. The van der Waals surface area contributed by atoms with Crippen LogP contribution in [0.5, 0.6) is 0 Å². The normalized spacial score (nSPS) is 12.0. The summed E-state index contributed by atoms with van der Waals surface area (Å²) in [4.78, 5) is 42.8. The van der Waals surface area contributed by atoms with E-state index < -0.39 is 29.5 Å². The first-order chi connectivity index (χ1) is 17.6. The molecule has 0 saturated heterocycles. The van der Waals surface area contributed by atoms with Crippen LogP contribution in [0.1, 0.15) is 66.9 Å². The van der Waals surface area contributed by atoms with Crippen LogP contribution in [-0.2, 0) is 14.3 Å². The lowest BCUT2D eigenvalue weighted by molar-refractivity contribution is -0.141. The summed E-state index contributed by atoms with van der Waals surface area (Å²) >= 11 is 12.3. The van der Waals surface area contributed by atoms with Gasteiger partial charge in [0.15, 0.2) is 0 Å².